The first-order chi connectivity index (χ1) is 13.1. The number of nitrogens with two attached hydrogens (primary N) is 1. The fourth-order valence-corrected chi connectivity index (χ4v) is 3.55. The van der Waals surface area contributed by atoms with E-state index in [2.05, 4.69) is 15.5 Å². The molecular weight excluding hydrogens is 370 g/mol. The number of carbonyl (C=O) groups is 2. The Balaban J connectivity index is 1.38. The highest BCUT2D eigenvalue weighted by Gasteiger charge is 2.31. The molecule has 0 bridgehead atoms. The summed E-state index contributed by atoms with van der Waals surface area (Å²) in [4.78, 5) is 23.6. The summed E-state index contributed by atoms with van der Waals surface area (Å²) in [6, 6.07) is 5.26. The molecule has 0 spiro atoms. The number of thioether (sulfide) groups is 1. The van der Waals surface area contributed by atoms with Crippen molar-refractivity contribution < 1.29 is 19.1 Å². The Morgan fingerprint density at radius 3 is 2.74 bits per heavy atom. The van der Waals surface area contributed by atoms with E-state index in [9.17, 15) is 9.59 Å². The standard InChI is InChI=1S/C17H19N5O4S/c18-14(23)8-22-16(10-1-2-10)20-21-17(22)27-9-15(24)19-11-3-4-12-13(7-11)26-6-5-25-12/h3-4,7,10H,1-2,5-6,8-9H2,(H2,18,23)(H,19,24). The topological polar surface area (TPSA) is 121 Å². The van der Waals surface area contributed by atoms with E-state index >= 15 is 0 Å². The van der Waals surface area contributed by atoms with E-state index in [1.54, 1.807) is 22.8 Å². The van der Waals surface area contributed by atoms with Crippen LogP contribution in [0.1, 0.15) is 24.6 Å². The predicted octanol–water partition coefficient (Wildman–Crippen LogP) is 1.14. The van der Waals surface area contributed by atoms with Crippen molar-refractivity contribution in [2.45, 2.75) is 30.5 Å². The number of aromatic nitrogens is 3. The van der Waals surface area contributed by atoms with Crippen molar-refractivity contribution in [3.63, 3.8) is 0 Å². The van der Waals surface area contributed by atoms with Gasteiger partial charge < -0.3 is 20.5 Å². The Labute approximate surface area is 159 Å². The molecule has 2 heterocycles. The minimum atomic E-state index is -0.459. The van der Waals surface area contributed by atoms with Crippen molar-refractivity contribution in [2.75, 3.05) is 24.3 Å². The first-order valence-electron chi connectivity index (χ1n) is 8.64. The van der Waals surface area contributed by atoms with E-state index in [1.165, 1.54) is 11.8 Å². The number of amides is 2. The Kier molecular flexibility index (Phi) is 4.88. The normalized spacial score (nSPS) is 15.4. The maximum absolute atomic E-state index is 12.3. The van der Waals surface area contributed by atoms with Gasteiger partial charge in [-0.3, -0.25) is 14.2 Å². The zero-order valence-corrected chi connectivity index (χ0v) is 15.3. The Hall–Kier alpha value is -2.75. The lowest BCUT2D eigenvalue weighted by atomic mass is 10.2. The molecule has 9 nitrogen and oxygen atoms in total. The largest absolute Gasteiger partial charge is 0.486 e. The number of benzene rings is 1. The number of rotatable bonds is 7. The number of primary amides is 1. The first-order valence-corrected chi connectivity index (χ1v) is 9.62. The molecule has 1 aromatic carbocycles. The highest BCUT2D eigenvalue weighted by Crippen LogP contribution is 2.40. The van der Waals surface area contributed by atoms with Crippen LogP contribution < -0.4 is 20.5 Å². The van der Waals surface area contributed by atoms with Gasteiger partial charge in [0, 0.05) is 17.7 Å². The van der Waals surface area contributed by atoms with Crippen molar-refractivity contribution in [1.82, 2.24) is 14.8 Å². The van der Waals surface area contributed by atoms with Gasteiger partial charge in [-0.2, -0.15) is 0 Å². The number of hydrogen-bond acceptors (Lipinski definition) is 7. The van der Waals surface area contributed by atoms with Crippen molar-refractivity contribution in [2.24, 2.45) is 5.73 Å². The average Bonchev–Trinajstić information content (AvgIpc) is 3.42. The quantitative estimate of drug-likeness (QED) is 0.681. The van der Waals surface area contributed by atoms with Gasteiger partial charge in [0.25, 0.3) is 0 Å². The van der Waals surface area contributed by atoms with Crippen molar-refractivity contribution >= 4 is 29.3 Å². The highest BCUT2D eigenvalue weighted by atomic mass is 32.2. The molecule has 1 fully saturated rings. The van der Waals surface area contributed by atoms with Gasteiger partial charge in [-0.1, -0.05) is 11.8 Å². The molecule has 1 aliphatic carbocycles. The molecule has 2 aliphatic rings. The number of carbonyl (C=O) groups excluding carboxylic acids is 2. The van der Waals surface area contributed by atoms with Gasteiger partial charge in [-0.25, -0.2) is 0 Å². The summed E-state index contributed by atoms with van der Waals surface area (Å²) in [5.74, 6) is 1.86. The third-order valence-corrected chi connectivity index (χ3v) is 5.13. The fourth-order valence-electron chi connectivity index (χ4n) is 2.80. The SMILES string of the molecule is NC(=O)Cn1c(SCC(=O)Nc2ccc3c(c2)OCCO3)nnc1C1CC1. The Morgan fingerprint density at radius 2 is 2.00 bits per heavy atom. The Morgan fingerprint density at radius 1 is 1.22 bits per heavy atom. The van der Waals surface area contributed by atoms with Crippen LogP contribution in [0.4, 0.5) is 5.69 Å². The van der Waals surface area contributed by atoms with Crippen LogP contribution in [0.2, 0.25) is 0 Å². The van der Waals surface area contributed by atoms with Gasteiger partial charge in [0.2, 0.25) is 11.8 Å². The third-order valence-electron chi connectivity index (χ3n) is 4.16. The molecule has 1 aliphatic heterocycles. The number of hydrogen-bond donors (Lipinski definition) is 2. The highest BCUT2D eigenvalue weighted by molar-refractivity contribution is 7.99. The van der Waals surface area contributed by atoms with Crippen LogP contribution in [0, 0.1) is 0 Å². The molecule has 142 valence electrons. The molecule has 0 atom stereocenters. The minimum absolute atomic E-state index is 0.0188. The van der Waals surface area contributed by atoms with Crippen LogP contribution in [0.15, 0.2) is 23.4 Å². The second-order valence-corrected chi connectivity index (χ2v) is 7.31. The molecule has 2 amide bonds. The number of fused-ring (bicyclic) bond motifs is 1. The van der Waals surface area contributed by atoms with Crippen LogP contribution in [0.25, 0.3) is 0 Å². The molecule has 4 rings (SSSR count). The van der Waals surface area contributed by atoms with Gasteiger partial charge >= 0.3 is 0 Å². The number of ether oxygens (including phenoxy) is 2. The summed E-state index contributed by atoms with van der Waals surface area (Å²) < 4.78 is 12.7. The zero-order valence-electron chi connectivity index (χ0n) is 14.5. The second kappa shape index (κ2) is 7.47. The van der Waals surface area contributed by atoms with Gasteiger partial charge in [0.05, 0.1) is 5.75 Å². The number of anilines is 1. The van der Waals surface area contributed by atoms with E-state index in [0.29, 0.717) is 41.5 Å². The van der Waals surface area contributed by atoms with E-state index in [4.69, 9.17) is 15.2 Å². The van der Waals surface area contributed by atoms with Crippen LogP contribution in [-0.2, 0) is 16.1 Å². The van der Waals surface area contributed by atoms with Crippen LogP contribution >= 0.6 is 11.8 Å². The molecule has 1 aromatic heterocycles. The molecular formula is C17H19N5O4S. The Bertz CT molecular complexity index is 880. The van der Waals surface area contributed by atoms with E-state index in [0.717, 1.165) is 18.7 Å². The smallest absolute Gasteiger partial charge is 0.237 e. The second-order valence-electron chi connectivity index (χ2n) is 6.36. The molecule has 3 N–H and O–H groups in total. The van der Waals surface area contributed by atoms with Crippen molar-refractivity contribution in [3.05, 3.63) is 24.0 Å². The summed E-state index contributed by atoms with van der Waals surface area (Å²) in [6.07, 6.45) is 2.07. The average molecular weight is 389 g/mol. The fraction of sp³-hybridized carbons (Fsp3) is 0.412. The number of nitrogens with zero attached hydrogens (tertiary/aromatic N) is 3. The van der Waals surface area contributed by atoms with Crippen molar-refractivity contribution in [1.29, 1.82) is 0 Å². The molecule has 0 unspecified atom stereocenters. The van der Waals surface area contributed by atoms with Gasteiger partial charge in [0.1, 0.15) is 25.6 Å². The van der Waals surface area contributed by atoms with E-state index in [1.807, 2.05) is 0 Å². The van der Waals surface area contributed by atoms with Crippen LogP contribution in [0.3, 0.4) is 0 Å². The lowest BCUT2D eigenvalue weighted by Crippen LogP contribution is -2.21. The summed E-state index contributed by atoms with van der Waals surface area (Å²) in [6.45, 7) is 1.02. The van der Waals surface area contributed by atoms with Gasteiger partial charge in [-0.05, 0) is 25.0 Å². The lowest BCUT2D eigenvalue weighted by Gasteiger charge is -2.19. The third kappa shape index (κ3) is 4.16. The van der Waals surface area contributed by atoms with Crippen LogP contribution in [0.5, 0.6) is 11.5 Å². The molecule has 1 saturated carbocycles. The molecule has 2 aromatic rings. The molecule has 0 saturated heterocycles. The van der Waals surface area contributed by atoms with Crippen LogP contribution in [-0.4, -0.2) is 45.5 Å². The molecule has 27 heavy (non-hydrogen) atoms. The molecule has 0 radical (unpaired) electrons. The first kappa shape index (κ1) is 17.7. The number of nitrogens with one attached hydrogen (secondary N) is 1. The zero-order chi connectivity index (χ0) is 18.8. The lowest BCUT2D eigenvalue weighted by molar-refractivity contribution is -0.118. The summed E-state index contributed by atoms with van der Waals surface area (Å²) in [7, 11) is 0. The van der Waals surface area contributed by atoms with Crippen molar-refractivity contribution in [3.8, 4) is 11.5 Å². The summed E-state index contributed by atoms with van der Waals surface area (Å²) in [5, 5.41) is 11.6. The maximum atomic E-state index is 12.3. The minimum Gasteiger partial charge on any atom is -0.486 e. The van der Waals surface area contributed by atoms with Gasteiger partial charge in [0.15, 0.2) is 16.7 Å². The van der Waals surface area contributed by atoms with E-state index < -0.39 is 5.91 Å². The summed E-state index contributed by atoms with van der Waals surface area (Å²) >= 11 is 1.22. The predicted molar refractivity (Wildman–Crippen MR) is 98.0 cm³/mol. The molecule has 10 heteroatoms. The van der Waals surface area contributed by atoms with E-state index in [-0.39, 0.29) is 18.2 Å². The summed E-state index contributed by atoms with van der Waals surface area (Å²) in [5.41, 5.74) is 5.96. The van der Waals surface area contributed by atoms with Gasteiger partial charge in [-0.15, -0.1) is 10.2 Å². The maximum Gasteiger partial charge on any atom is 0.237 e. The monoisotopic (exact) mass is 389 g/mol.